The summed E-state index contributed by atoms with van der Waals surface area (Å²) in [5.74, 6) is 1.19. The van der Waals surface area contributed by atoms with Crippen LogP contribution in [0.2, 0.25) is 0 Å². The fraction of sp³-hybridized carbons (Fsp3) is 0.273. The summed E-state index contributed by atoms with van der Waals surface area (Å²) < 4.78 is 24.2. The molecule has 1 amide bonds. The second kappa shape index (κ2) is 8.34. The number of nitrogens with zero attached hydrogens (tertiary/aromatic N) is 2. The lowest BCUT2D eigenvalue weighted by atomic mass is 9.94. The second-order valence-electron chi connectivity index (χ2n) is 7.04. The third-order valence-corrected chi connectivity index (χ3v) is 5.06. The van der Waals surface area contributed by atoms with Crippen molar-refractivity contribution in [1.29, 1.82) is 0 Å². The largest absolute Gasteiger partial charge is 0.497 e. The van der Waals surface area contributed by atoms with Gasteiger partial charge in [-0.25, -0.2) is 4.39 Å². The molecule has 4 rings (SSSR count). The molecule has 150 valence electrons. The Balaban J connectivity index is 1.44. The maximum atomic E-state index is 13.3. The van der Waals surface area contributed by atoms with Gasteiger partial charge in [0.1, 0.15) is 17.3 Å². The number of H-pyrrole nitrogens is 1. The molecule has 2 heterocycles. The smallest absolute Gasteiger partial charge is 0.254 e. The van der Waals surface area contributed by atoms with Crippen LogP contribution in [0.15, 0.2) is 54.6 Å². The minimum Gasteiger partial charge on any atom is -0.497 e. The van der Waals surface area contributed by atoms with E-state index in [-0.39, 0.29) is 17.6 Å². The fourth-order valence-corrected chi connectivity index (χ4v) is 3.58. The molecule has 3 aromatic rings. The van der Waals surface area contributed by atoms with E-state index < -0.39 is 0 Å². The van der Waals surface area contributed by atoms with Crippen molar-refractivity contribution in [3.8, 4) is 17.4 Å². The molecule has 1 aliphatic heterocycles. The van der Waals surface area contributed by atoms with Crippen LogP contribution in [0.25, 0.3) is 0 Å². The van der Waals surface area contributed by atoms with Crippen molar-refractivity contribution >= 4 is 5.91 Å². The second-order valence-corrected chi connectivity index (χ2v) is 7.04. The summed E-state index contributed by atoms with van der Waals surface area (Å²) in [4.78, 5) is 14.8. The third-order valence-electron chi connectivity index (χ3n) is 5.06. The van der Waals surface area contributed by atoms with Gasteiger partial charge >= 0.3 is 0 Å². The molecule has 0 unspecified atom stereocenters. The molecule has 1 atom stereocenters. The van der Waals surface area contributed by atoms with Crippen molar-refractivity contribution < 1.29 is 18.7 Å². The standard InChI is InChI=1S/C22H22FN3O3/c1-28-18-8-2-5-15(11-18)22(27)26-10-4-6-16(14-26)20-13-21(25-24-20)29-19-9-3-7-17(23)12-19/h2-3,5,7-9,11-13,16H,4,6,10,14H2,1H3,(H,24,25)/t16-/m0/s1. The topological polar surface area (TPSA) is 67.4 Å². The number of amides is 1. The lowest BCUT2D eigenvalue weighted by Crippen LogP contribution is -2.39. The van der Waals surface area contributed by atoms with Crippen molar-refractivity contribution in [3.63, 3.8) is 0 Å². The number of rotatable bonds is 5. The van der Waals surface area contributed by atoms with Crippen molar-refractivity contribution in [3.05, 3.63) is 71.7 Å². The number of hydrogen-bond acceptors (Lipinski definition) is 4. The highest BCUT2D eigenvalue weighted by molar-refractivity contribution is 5.94. The Bertz CT molecular complexity index is 1000. The molecule has 1 aliphatic rings. The Hall–Kier alpha value is -3.35. The molecule has 0 saturated carbocycles. The molecule has 1 aromatic heterocycles. The van der Waals surface area contributed by atoms with E-state index in [0.29, 0.717) is 36.0 Å². The zero-order chi connectivity index (χ0) is 20.2. The van der Waals surface area contributed by atoms with E-state index in [1.807, 2.05) is 23.1 Å². The Morgan fingerprint density at radius 3 is 2.83 bits per heavy atom. The first-order valence-electron chi connectivity index (χ1n) is 9.54. The van der Waals surface area contributed by atoms with Crippen LogP contribution < -0.4 is 9.47 Å². The van der Waals surface area contributed by atoms with E-state index in [4.69, 9.17) is 9.47 Å². The van der Waals surface area contributed by atoms with Crippen LogP contribution >= 0.6 is 0 Å². The van der Waals surface area contributed by atoms with Crippen LogP contribution in [0.5, 0.6) is 17.4 Å². The van der Waals surface area contributed by atoms with Crippen LogP contribution in [0.3, 0.4) is 0 Å². The first-order chi connectivity index (χ1) is 14.1. The molecular formula is C22H22FN3O3. The fourth-order valence-electron chi connectivity index (χ4n) is 3.58. The van der Waals surface area contributed by atoms with E-state index in [0.717, 1.165) is 18.5 Å². The van der Waals surface area contributed by atoms with Crippen molar-refractivity contribution in [2.75, 3.05) is 20.2 Å². The number of carbonyl (C=O) groups is 1. The number of nitrogens with one attached hydrogen (secondary N) is 1. The van der Waals surface area contributed by atoms with Crippen molar-refractivity contribution in [2.24, 2.45) is 0 Å². The first-order valence-corrected chi connectivity index (χ1v) is 9.54. The number of methoxy groups -OCH3 is 1. The highest BCUT2D eigenvalue weighted by atomic mass is 19.1. The van der Waals surface area contributed by atoms with Gasteiger partial charge in [0.05, 0.1) is 7.11 Å². The average Bonchev–Trinajstić information content (AvgIpc) is 3.22. The van der Waals surface area contributed by atoms with Gasteiger partial charge in [-0.1, -0.05) is 12.1 Å². The zero-order valence-corrected chi connectivity index (χ0v) is 16.1. The molecule has 1 saturated heterocycles. The summed E-state index contributed by atoms with van der Waals surface area (Å²) in [5.41, 5.74) is 1.52. The number of ether oxygens (including phenoxy) is 2. The van der Waals surface area contributed by atoms with Crippen LogP contribution in [0, 0.1) is 5.82 Å². The quantitative estimate of drug-likeness (QED) is 0.697. The molecule has 0 spiro atoms. The van der Waals surface area contributed by atoms with Gasteiger partial charge in [-0.3, -0.25) is 9.89 Å². The minimum absolute atomic E-state index is 0.00986. The highest BCUT2D eigenvalue weighted by Gasteiger charge is 2.27. The van der Waals surface area contributed by atoms with E-state index >= 15 is 0 Å². The maximum absolute atomic E-state index is 13.3. The molecule has 6 nitrogen and oxygen atoms in total. The normalized spacial score (nSPS) is 16.5. The number of aromatic amines is 1. The molecule has 1 N–H and O–H groups in total. The van der Waals surface area contributed by atoms with Gasteiger partial charge in [-0.2, -0.15) is 0 Å². The third kappa shape index (κ3) is 4.39. The monoisotopic (exact) mass is 395 g/mol. The predicted molar refractivity (Wildman–Crippen MR) is 106 cm³/mol. The van der Waals surface area contributed by atoms with E-state index in [2.05, 4.69) is 10.2 Å². The van der Waals surface area contributed by atoms with Gasteiger partial charge in [0.15, 0.2) is 0 Å². The van der Waals surface area contributed by atoms with E-state index in [1.54, 1.807) is 31.4 Å². The number of hydrogen-bond donors (Lipinski definition) is 1. The first kappa shape index (κ1) is 19.0. The number of carbonyl (C=O) groups excluding carboxylic acids is 1. The minimum atomic E-state index is -0.364. The van der Waals surface area contributed by atoms with E-state index in [9.17, 15) is 9.18 Å². The van der Waals surface area contributed by atoms with Gasteiger partial charge in [-0.05, 0) is 43.2 Å². The molecule has 1 fully saturated rings. The molecule has 0 bridgehead atoms. The van der Waals surface area contributed by atoms with Gasteiger partial charge in [0.25, 0.3) is 5.91 Å². The van der Waals surface area contributed by atoms with Crippen LogP contribution in [0.4, 0.5) is 4.39 Å². The number of halogens is 1. The molecule has 2 aromatic carbocycles. The average molecular weight is 395 g/mol. The van der Waals surface area contributed by atoms with Gasteiger partial charge in [-0.15, -0.1) is 5.10 Å². The summed E-state index contributed by atoms with van der Waals surface area (Å²) >= 11 is 0. The van der Waals surface area contributed by atoms with Gasteiger partial charge in [0, 0.05) is 42.4 Å². The summed E-state index contributed by atoms with van der Waals surface area (Å²) in [6.07, 6.45) is 1.85. The SMILES string of the molecule is COc1cccc(C(=O)N2CCC[C@H](c3cc(Oc4cccc(F)c4)n[nH]3)C2)c1. The van der Waals surface area contributed by atoms with Gasteiger partial charge in [0.2, 0.25) is 5.88 Å². The molecule has 7 heteroatoms. The maximum Gasteiger partial charge on any atom is 0.254 e. The Morgan fingerprint density at radius 1 is 1.17 bits per heavy atom. The van der Waals surface area contributed by atoms with Crippen LogP contribution in [-0.2, 0) is 0 Å². The number of likely N-dealkylation sites (tertiary alicyclic amines) is 1. The summed E-state index contributed by atoms with van der Waals surface area (Å²) in [7, 11) is 1.59. The van der Waals surface area contributed by atoms with Crippen LogP contribution in [0.1, 0.15) is 34.8 Å². The van der Waals surface area contributed by atoms with Crippen LogP contribution in [-0.4, -0.2) is 41.2 Å². The van der Waals surface area contributed by atoms with Crippen molar-refractivity contribution in [2.45, 2.75) is 18.8 Å². The molecule has 0 aliphatic carbocycles. The summed E-state index contributed by atoms with van der Waals surface area (Å²) in [5, 5.41) is 7.18. The van der Waals surface area contributed by atoms with Crippen molar-refractivity contribution in [1.82, 2.24) is 15.1 Å². The van der Waals surface area contributed by atoms with E-state index in [1.165, 1.54) is 12.1 Å². The summed E-state index contributed by atoms with van der Waals surface area (Å²) in [6, 6.07) is 14.9. The van der Waals surface area contributed by atoms with Gasteiger partial charge < -0.3 is 14.4 Å². The number of benzene rings is 2. The Kier molecular flexibility index (Phi) is 5.46. The molecular weight excluding hydrogens is 373 g/mol. The highest BCUT2D eigenvalue weighted by Crippen LogP contribution is 2.30. The number of piperidine rings is 1. The lowest BCUT2D eigenvalue weighted by molar-refractivity contribution is 0.0705. The summed E-state index contributed by atoms with van der Waals surface area (Å²) in [6.45, 7) is 1.31. The Morgan fingerprint density at radius 2 is 2.00 bits per heavy atom. The number of aromatic nitrogens is 2. The predicted octanol–water partition coefficient (Wildman–Crippen LogP) is 4.37. The lowest BCUT2D eigenvalue weighted by Gasteiger charge is -2.32. The Labute approximate surface area is 168 Å². The molecule has 29 heavy (non-hydrogen) atoms. The zero-order valence-electron chi connectivity index (χ0n) is 16.1. The molecule has 0 radical (unpaired) electrons.